The Morgan fingerprint density at radius 1 is 1.19 bits per heavy atom. The van der Waals surface area contributed by atoms with Crippen LogP contribution in [0.1, 0.15) is 26.3 Å². The number of primary sulfonamides is 1. The van der Waals surface area contributed by atoms with Gasteiger partial charge in [-0.3, -0.25) is 0 Å². The van der Waals surface area contributed by atoms with Crippen LogP contribution in [0.5, 0.6) is 0 Å². The van der Waals surface area contributed by atoms with Gasteiger partial charge in [0.05, 0.1) is 4.90 Å². The Balaban J connectivity index is 0.00000106. The van der Waals surface area contributed by atoms with Gasteiger partial charge in [-0.05, 0) is 24.2 Å². The van der Waals surface area contributed by atoms with Crippen LogP contribution in [0.15, 0.2) is 29.2 Å². The van der Waals surface area contributed by atoms with E-state index in [0.29, 0.717) is 0 Å². The summed E-state index contributed by atoms with van der Waals surface area (Å²) in [7, 11) is -3.56. The summed E-state index contributed by atoms with van der Waals surface area (Å²) in [6.45, 7) is 7.64. The Morgan fingerprint density at radius 2 is 1.69 bits per heavy atom. The Morgan fingerprint density at radius 3 is 2.06 bits per heavy atom. The van der Waals surface area contributed by atoms with Gasteiger partial charge < -0.3 is 5.32 Å². The number of benzene rings is 1. The third-order valence-corrected chi connectivity index (χ3v) is 2.76. The monoisotopic (exact) mass is 244 g/mol. The molecule has 3 N–H and O–H groups in total. The zero-order chi connectivity index (χ0) is 12.6. The summed E-state index contributed by atoms with van der Waals surface area (Å²) in [5, 5.41) is 8.11. The largest absolute Gasteiger partial charge is 0.313 e. The van der Waals surface area contributed by atoms with E-state index >= 15 is 0 Å². The number of sulfonamides is 1. The molecule has 0 amide bonds. The maximum atomic E-state index is 10.9. The van der Waals surface area contributed by atoms with E-state index in [-0.39, 0.29) is 4.90 Å². The first-order valence-corrected chi connectivity index (χ1v) is 6.91. The van der Waals surface area contributed by atoms with Crippen molar-refractivity contribution in [3.63, 3.8) is 0 Å². The van der Waals surface area contributed by atoms with Crippen LogP contribution in [-0.2, 0) is 16.6 Å². The fraction of sp³-hybridized carbons (Fsp3) is 0.455. The summed E-state index contributed by atoms with van der Waals surface area (Å²) < 4.78 is 21.8. The number of hydrogen-bond acceptors (Lipinski definition) is 3. The number of nitrogens with two attached hydrogens (primary N) is 1. The van der Waals surface area contributed by atoms with Gasteiger partial charge in [0.1, 0.15) is 0 Å². The van der Waals surface area contributed by atoms with E-state index in [1.807, 2.05) is 20.8 Å². The topological polar surface area (TPSA) is 72.2 Å². The van der Waals surface area contributed by atoms with E-state index in [1.165, 1.54) is 12.1 Å². The predicted molar refractivity (Wildman–Crippen MR) is 66.5 cm³/mol. The number of hydrogen-bond donors (Lipinski definition) is 2. The maximum Gasteiger partial charge on any atom is 0.238 e. The fourth-order valence-electron chi connectivity index (χ4n) is 1.07. The summed E-state index contributed by atoms with van der Waals surface area (Å²) in [5.41, 5.74) is 1.04. The summed E-state index contributed by atoms with van der Waals surface area (Å²) in [6, 6.07) is 6.54. The highest BCUT2D eigenvalue weighted by Crippen LogP contribution is 2.08. The zero-order valence-electron chi connectivity index (χ0n) is 10.0. The molecule has 0 radical (unpaired) electrons. The molecular formula is C11H20N2O2S. The van der Waals surface area contributed by atoms with Crippen LogP contribution in [-0.4, -0.2) is 15.0 Å². The zero-order valence-corrected chi connectivity index (χ0v) is 10.8. The summed E-state index contributed by atoms with van der Waals surface area (Å²) >= 11 is 0. The lowest BCUT2D eigenvalue weighted by Gasteiger charge is -2.02. The third-order valence-electron chi connectivity index (χ3n) is 1.83. The molecule has 1 aromatic carbocycles. The third kappa shape index (κ3) is 5.25. The molecular weight excluding hydrogens is 224 g/mol. The van der Waals surface area contributed by atoms with Crippen molar-refractivity contribution in [2.75, 3.05) is 6.54 Å². The number of nitrogens with one attached hydrogen (secondary N) is 1. The molecule has 0 bridgehead atoms. The van der Waals surface area contributed by atoms with Crippen LogP contribution in [0, 0.1) is 0 Å². The lowest BCUT2D eigenvalue weighted by molar-refractivity contribution is 0.597. The average Bonchev–Trinajstić information content (AvgIpc) is 2.28. The normalized spacial score (nSPS) is 10.5. The summed E-state index contributed by atoms with van der Waals surface area (Å²) in [5.74, 6) is 0. The quantitative estimate of drug-likeness (QED) is 0.842. The Labute approximate surface area is 97.9 Å². The van der Waals surface area contributed by atoms with Crippen molar-refractivity contribution in [1.29, 1.82) is 0 Å². The molecule has 0 aliphatic carbocycles. The summed E-state index contributed by atoms with van der Waals surface area (Å²) in [6.07, 6.45) is 0. The first kappa shape index (κ1) is 15.1. The minimum Gasteiger partial charge on any atom is -0.313 e. The lowest BCUT2D eigenvalue weighted by atomic mass is 10.2. The molecule has 92 valence electrons. The van der Waals surface area contributed by atoms with E-state index in [9.17, 15) is 8.42 Å². The van der Waals surface area contributed by atoms with Gasteiger partial charge in [-0.1, -0.05) is 32.9 Å². The minimum absolute atomic E-state index is 0.151. The standard InChI is InChI=1S/C9H14N2O2S.C2H6/c1-2-11-7-8-3-5-9(6-4-8)14(10,12)13;1-2/h3-6,11H,2,7H2,1H3,(H2,10,12,13);1-2H3. The average molecular weight is 244 g/mol. The van der Waals surface area contributed by atoms with Gasteiger partial charge in [-0.15, -0.1) is 0 Å². The maximum absolute atomic E-state index is 10.9. The van der Waals surface area contributed by atoms with Gasteiger partial charge in [-0.25, -0.2) is 13.6 Å². The van der Waals surface area contributed by atoms with Crippen LogP contribution >= 0.6 is 0 Å². The van der Waals surface area contributed by atoms with Gasteiger partial charge in [0.15, 0.2) is 0 Å². The first-order chi connectivity index (χ1) is 7.54. The van der Waals surface area contributed by atoms with Gasteiger partial charge >= 0.3 is 0 Å². The van der Waals surface area contributed by atoms with E-state index < -0.39 is 10.0 Å². The molecule has 5 heteroatoms. The van der Waals surface area contributed by atoms with Crippen molar-refractivity contribution >= 4 is 10.0 Å². The second-order valence-electron chi connectivity index (χ2n) is 2.97. The molecule has 0 saturated carbocycles. The smallest absolute Gasteiger partial charge is 0.238 e. The van der Waals surface area contributed by atoms with Crippen LogP contribution in [0.4, 0.5) is 0 Å². The molecule has 0 heterocycles. The molecule has 16 heavy (non-hydrogen) atoms. The number of rotatable bonds is 4. The highest BCUT2D eigenvalue weighted by molar-refractivity contribution is 7.89. The molecule has 0 aromatic heterocycles. The highest BCUT2D eigenvalue weighted by atomic mass is 32.2. The lowest BCUT2D eigenvalue weighted by Crippen LogP contribution is -2.13. The molecule has 0 aliphatic rings. The van der Waals surface area contributed by atoms with Crippen molar-refractivity contribution in [3.05, 3.63) is 29.8 Å². The molecule has 1 rings (SSSR count). The van der Waals surface area contributed by atoms with E-state index in [4.69, 9.17) is 5.14 Å². The second-order valence-corrected chi connectivity index (χ2v) is 4.53. The van der Waals surface area contributed by atoms with Crippen LogP contribution in [0.3, 0.4) is 0 Å². The molecule has 0 aliphatic heterocycles. The van der Waals surface area contributed by atoms with Gasteiger partial charge in [0.25, 0.3) is 0 Å². The van der Waals surface area contributed by atoms with E-state index in [1.54, 1.807) is 12.1 Å². The summed E-state index contributed by atoms with van der Waals surface area (Å²) in [4.78, 5) is 0.151. The van der Waals surface area contributed by atoms with Crippen LogP contribution in [0.25, 0.3) is 0 Å². The fourth-order valence-corrected chi connectivity index (χ4v) is 1.58. The van der Waals surface area contributed by atoms with E-state index in [2.05, 4.69) is 5.32 Å². The Kier molecular flexibility index (Phi) is 6.96. The van der Waals surface area contributed by atoms with Crippen LogP contribution in [0.2, 0.25) is 0 Å². The Bertz CT molecular complexity index is 385. The molecule has 0 atom stereocenters. The molecule has 0 spiro atoms. The predicted octanol–water partition coefficient (Wildman–Crippen LogP) is 1.47. The van der Waals surface area contributed by atoms with Gasteiger partial charge in [-0.2, -0.15) is 0 Å². The van der Waals surface area contributed by atoms with Crippen molar-refractivity contribution in [2.45, 2.75) is 32.2 Å². The first-order valence-electron chi connectivity index (χ1n) is 5.36. The molecule has 0 saturated heterocycles. The SMILES string of the molecule is CC.CCNCc1ccc(S(N)(=O)=O)cc1. The van der Waals surface area contributed by atoms with Crippen molar-refractivity contribution in [1.82, 2.24) is 5.32 Å². The Hall–Kier alpha value is -0.910. The molecule has 4 nitrogen and oxygen atoms in total. The molecule has 1 aromatic rings. The van der Waals surface area contributed by atoms with Crippen molar-refractivity contribution in [2.24, 2.45) is 5.14 Å². The second kappa shape index (κ2) is 7.38. The molecule has 0 fully saturated rings. The van der Waals surface area contributed by atoms with Crippen molar-refractivity contribution < 1.29 is 8.42 Å². The van der Waals surface area contributed by atoms with Gasteiger partial charge in [0, 0.05) is 6.54 Å². The minimum atomic E-state index is -3.56. The highest BCUT2D eigenvalue weighted by Gasteiger charge is 2.05. The van der Waals surface area contributed by atoms with E-state index in [0.717, 1.165) is 18.7 Å². The van der Waals surface area contributed by atoms with Crippen molar-refractivity contribution in [3.8, 4) is 0 Å². The molecule has 0 unspecified atom stereocenters. The van der Waals surface area contributed by atoms with Gasteiger partial charge in [0.2, 0.25) is 10.0 Å². The van der Waals surface area contributed by atoms with Crippen LogP contribution < -0.4 is 10.5 Å².